The molecule has 0 spiro atoms. The molecule has 0 radical (unpaired) electrons. The molecular weight excluding hydrogens is 214 g/mol. The highest BCUT2D eigenvalue weighted by Crippen LogP contribution is 2.46. The second kappa shape index (κ2) is 3.28. The highest BCUT2D eigenvalue weighted by Gasteiger charge is 2.42. The van der Waals surface area contributed by atoms with Crippen LogP contribution < -0.4 is 0 Å². The molecule has 0 bridgehead atoms. The van der Waals surface area contributed by atoms with Crippen molar-refractivity contribution in [3.05, 3.63) is 22.4 Å². The van der Waals surface area contributed by atoms with Crippen molar-refractivity contribution in [1.29, 1.82) is 0 Å². The molecule has 2 aliphatic rings. The normalized spacial score (nSPS) is 27.3. The van der Waals surface area contributed by atoms with E-state index in [4.69, 9.17) is 0 Å². The molecule has 0 unspecified atom stereocenters. The molecule has 1 aromatic heterocycles. The van der Waals surface area contributed by atoms with Gasteiger partial charge in [-0.05, 0) is 24.3 Å². The van der Waals surface area contributed by atoms with E-state index in [1.165, 1.54) is 17.7 Å². The summed E-state index contributed by atoms with van der Waals surface area (Å²) in [7, 11) is 0. The lowest BCUT2D eigenvalue weighted by atomic mass is 10.4. The van der Waals surface area contributed by atoms with E-state index in [9.17, 15) is 4.79 Å². The summed E-state index contributed by atoms with van der Waals surface area (Å²) in [6, 6.07) is 4.75. The number of thioether (sulfide) groups is 1. The van der Waals surface area contributed by atoms with Gasteiger partial charge in [0, 0.05) is 10.9 Å². The zero-order chi connectivity index (χ0) is 9.54. The van der Waals surface area contributed by atoms with Gasteiger partial charge >= 0.3 is 0 Å². The van der Waals surface area contributed by atoms with Gasteiger partial charge in [-0.15, -0.1) is 23.1 Å². The highest BCUT2D eigenvalue weighted by molar-refractivity contribution is 8.00. The van der Waals surface area contributed by atoms with Crippen molar-refractivity contribution in [3.63, 3.8) is 0 Å². The molecule has 0 N–H and O–H groups in total. The topological polar surface area (TPSA) is 20.3 Å². The number of hydrogen-bond acceptors (Lipinski definition) is 3. The molecule has 14 heavy (non-hydrogen) atoms. The van der Waals surface area contributed by atoms with Crippen molar-refractivity contribution in [2.24, 2.45) is 0 Å². The Balaban J connectivity index is 1.88. The van der Waals surface area contributed by atoms with E-state index in [0.717, 1.165) is 0 Å². The van der Waals surface area contributed by atoms with Crippen molar-refractivity contribution in [3.8, 4) is 0 Å². The average Bonchev–Trinajstić information content (AvgIpc) is 2.75. The van der Waals surface area contributed by atoms with Crippen molar-refractivity contribution in [1.82, 2.24) is 4.90 Å². The van der Waals surface area contributed by atoms with E-state index in [1.54, 1.807) is 23.1 Å². The number of carbonyl (C=O) groups excluding carboxylic acids is 1. The summed E-state index contributed by atoms with van der Waals surface area (Å²) >= 11 is 3.53. The predicted octanol–water partition coefficient (Wildman–Crippen LogP) is 2.48. The molecule has 2 heterocycles. The van der Waals surface area contributed by atoms with Gasteiger partial charge in [-0.25, -0.2) is 0 Å². The maximum atomic E-state index is 11.7. The van der Waals surface area contributed by atoms with Crippen molar-refractivity contribution in [2.75, 3.05) is 5.75 Å². The van der Waals surface area contributed by atoms with Gasteiger partial charge in [-0.3, -0.25) is 4.79 Å². The smallest absolute Gasteiger partial charge is 0.234 e. The third-order valence-corrected chi connectivity index (χ3v) is 4.92. The summed E-state index contributed by atoms with van der Waals surface area (Å²) in [5.74, 6) is 0.995. The molecule has 0 aromatic carbocycles. The number of thiophene rings is 1. The second-order valence-electron chi connectivity index (χ2n) is 3.71. The van der Waals surface area contributed by atoms with Crippen LogP contribution in [-0.4, -0.2) is 22.6 Å². The zero-order valence-electron chi connectivity index (χ0n) is 7.68. The zero-order valence-corrected chi connectivity index (χ0v) is 9.31. The molecular formula is C10H11NOS2. The molecule has 2 fully saturated rings. The van der Waals surface area contributed by atoms with Gasteiger partial charge in [-0.2, -0.15) is 0 Å². The van der Waals surface area contributed by atoms with Gasteiger partial charge < -0.3 is 4.90 Å². The molecule has 1 amide bonds. The summed E-state index contributed by atoms with van der Waals surface area (Å²) in [6.07, 6.45) is 2.41. The number of rotatable bonds is 2. The van der Waals surface area contributed by atoms with E-state index in [0.29, 0.717) is 23.1 Å². The van der Waals surface area contributed by atoms with E-state index in [2.05, 4.69) is 22.4 Å². The Morgan fingerprint density at radius 2 is 2.29 bits per heavy atom. The quantitative estimate of drug-likeness (QED) is 0.770. The van der Waals surface area contributed by atoms with E-state index >= 15 is 0 Å². The van der Waals surface area contributed by atoms with Crippen LogP contribution in [0.25, 0.3) is 0 Å². The molecule has 1 saturated heterocycles. The Morgan fingerprint density at radius 3 is 2.93 bits per heavy atom. The fourth-order valence-corrected chi connectivity index (χ4v) is 4.05. The molecule has 1 aliphatic heterocycles. The van der Waals surface area contributed by atoms with Gasteiger partial charge in [0.2, 0.25) is 5.91 Å². The van der Waals surface area contributed by atoms with Crippen LogP contribution in [0.5, 0.6) is 0 Å². The van der Waals surface area contributed by atoms with Gasteiger partial charge in [0.15, 0.2) is 0 Å². The molecule has 1 saturated carbocycles. The van der Waals surface area contributed by atoms with Crippen molar-refractivity contribution < 1.29 is 4.79 Å². The predicted molar refractivity (Wildman–Crippen MR) is 59.4 cm³/mol. The first kappa shape index (κ1) is 8.80. The third kappa shape index (κ3) is 1.37. The summed E-state index contributed by atoms with van der Waals surface area (Å²) in [5.41, 5.74) is 0. The summed E-state index contributed by atoms with van der Waals surface area (Å²) in [6.45, 7) is 0. The summed E-state index contributed by atoms with van der Waals surface area (Å²) < 4.78 is 0. The Bertz CT molecular complexity index is 345. The van der Waals surface area contributed by atoms with Crippen LogP contribution in [-0.2, 0) is 4.79 Å². The lowest BCUT2D eigenvalue weighted by molar-refractivity contribution is -0.128. The van der Waals surface area contributed by atoms with Crippen LogP contribution in [0.4, 0.5) is 0 Å². The summed E-state index contributed by atoms with van der Waals surface area (Å²) in [4.78, 5) is 15.1. The Morgan fingerprint density at radius 1 is 1.43 bits per heavy atom. The fourth-order valence-electron chi connectivity index (χ4n) is 1.83. The van der Waals surface area contributed by atoms with Gasteiger partial charge in [-0.1, -0.05) is 6.07 Å². The number of nitrogens with zero attached hydrogens (tertiary/aromatic N) is 1. The van der Waals surface area contributed by atoms with E-state index in [1.807, 2.05) is 0 Å². The fraction of sp³-hybridized carbons (Fsp3) is 0.500. The van der Waals surface area contributed by atoms with Gasteiger partial charge in [0.05, 0.1) is 5.75 Å². The number of carbonyl (C=O) groups is 1. The van der Waals surface area contributed by atoms with Crippen LogP contribution in [0, 0.1) is 0 Å². The van der Waals surface area contributed by atoms with Crippen LogP contribution in [0.3, 0.4) is 0 Å². The SMILES string of the molecule is O=C1CS[C@H](c2cccs2)N1C1CC1. The van der Waals surface area contributed by atoms with Crippen LogP contribution in [0.1, 0.15) is 23.1 Å². The molecule has 1 aliphatic carbocycles. The minimum absolute atomic E-state index is 0.315. The lowest BCUT2D eigenvalue weighted by Crippen LogP contribution is -2.29. The van der Waals surface area contributed by atoms with E-state index in [-0.39, 0.29) is 0 Å². The average molecular weight is 225 g/mol. The maximum absolute atomic E-state index is 11.7. The standard InChI is InChI=1S/C10H11NOS2/c12-9-6-14-10(8-2-1-5-13-8)11(9)7-3-4-7/h1-2,5,7,10H,3-4,6H2/t10-/m1/s1. The Kier molecular flexibility index (Phi) is 2.06. The van der Waals surface area contributed by atoms with Crippen molar-refractivity contribution >= 4 is 29.0 Å². The summed E-state index contributed by atoms with van der Waals surface area (Å²) in [5, 5.41) is 2.40. The van der Waals surface area contributed by atoms with Gasteiger partial charge in [0.25, 0.3) is 0 Å². The van der Waals surface area contributed by atoms with Crippen molar-refractivity contribution in [2.45, 2.75) is 24.3 Å². The first-order chi connectivity index (χ1) is 6.86. The van der Waals surface area contributed by atoms with Gasteiger partial charge in [0.1, 0.15) is 5.37 Å². The van der Waals surface area contributed by atoms with Crippen LogP contribution in [0.2, 0.25) is 0 Å². The minimum atomic E-state index is 0.315. The highest BCUT2D eigenvalue weighted by atomic mass is 32.2. The second-order valence-corrected chi connectivity index (χ2v) is 5.76. The molecule has 74 valence electrons. The van der Waals surface area contributed by atoms with Crippen LogP contribution in [0.15, 0.2) is 17.5 Å². The van der Waals surface area contributed by atoms with Crippen LogP contribution >= 0.6 is 23.1 Å². The minimum Gasteiger partial charge on any atom is -0.322 e. The number of amides is 1. The van der Waals surface area contributed by atoms with E-state index < -0.39 is 0 Å². The lowest BCUT2D eigenvalue weighted by Gasteiger charge is -2.22. The maximum Gasteiger partial charge on any atom is 0.234 e. The molecule has 2 nitrogen and oxygen atoms in total. The first-order valence-electron chi connectivity index (χ1n) is 4.82. The largest absolute Gasteiger partial charge is 0.322 e. The third-order valence-electron chi connectivity index (χ3n) is 2.63. The monoisotopic (exact) mass is 225 g/mol. The Labute approximate surface area is 91.3 Å². The molecule has 4 heteroatoms. The molecule has 3 rings (SSSR count). The molecule has 1 aromatic rings. The first-order valence-corrected chi connectivity index (χ1v) is 6.75. The Hall–Kier alpha value is -0.480. The molecule has 1 atom stereocenters. The number of hydrogen-bond donors (Lipinski definition) is 0.